The van der Waals surface area contributed by atoms with Crippen molar-refractivity contribution in [3.8, 4) is 0 Å². The third-order valence-electron chi connectivity index (χ3n) is 7.20. The number of halogens is 1. The van der Waals surface area contributed by atoms with Gasteiger partial charge in [-0.1, -0.05) is 133 Å². The van der Waals surface area contributed by atoms with Gasteiger partial charge in [0.25, 0.3) is 11.1 Å². The summed E-state index contributed by atoms with van der Waals surface area (Å²) in [6, 6.07) is 51.5. The van der Waals surface area contributed by atoms with E-state index in [2.05, 4.69) is 60.7 Å². The number of fused-ring (bicyclic) bond motifs is 4. The van der Waals surface area contributed by atoms with E-state index < -0.39 is 5.24 Å². The summed E-state index contributed by atoms with van der Waals surface area (Å²) in [5.41, 5.74) is 6.03. The Morgan fingerprint density at radius 1 is 0.467 bits per heavy atom. The molecule has 0 saturated carbocycles. The third-order valence-corrected chi connectivity index (χ3v) is 9.79. The molecule has 6 heteroatoms. The van der Waals surface area contributed by atoms with Gasteiger partial charge in [-0.25, -0.2) is 0 Å². The maximum Gasteiger partial charge on any atom is 0.262 e. The molecule has 0 radical (unpaired) electrons. The summed E-state index contributed by atoms with van der Waals surface area (Å²) in [5, 5.41) is -0.407. The van der Waals surface area contributed by atoms with Crippen LogP contribution in [0, 0.1) is 0 Å². The van der Waals surface area contributed by atoms with Crippen LogP contribution < -0.4 is 4.90 Å². The van der Waals surface area contributed by atoms with Crippen LogP contribution in [-0.2, 0) is 6.42 Å². The van der Waals surface area contributed by atoms with Crippen molar-refractivity contribution >= 4 is 57.6 Å². The monoisotopic (exact) mass is 641 g/mol. The summed E-state index contributed by atoms with van der Waals surface area (Å²) in [5.74, 6) is 0.000741. The Labute approximate surface area is 276 Å². The summed E-state index contributed by atoms with van der Waals surface area (Å²) in [4.78, 5) is 30.3. The summed E-state index contributed by atoms with van der Waals surface area (Å²) in [6.07, 6.45) is 1.08. The first-order valence-corrected chi connectivity index (χ1v) is 16.4. The zero-order valence-electron chi connectivity index (χ0n) is 24.2. The van der Waals surface area contributed by atoms with Gasteiger partial charge >= 0.3 is 0 Å². The van der Waals surface area contributed by atoms with E-state index in [1.54, 1.807) is 36.0 Å². The lowest BCUT2D eigenvalue weighted by Crippen LogP contribution is -2.28. The second kappa shape index (κ2) is 14.5. The Kier molecular flexibility index (Phi) is 9.81. The van der Waals surface area contributed by atoms with Crippen molar-refractivity contribution in [2.45, 2.75) is 26.0 Å². The standard InChI is InChI=1S/C19H13NOS.C13H10S.C7H5ClO/c21-19(14-8-2-1-3-9-14)20-15-10-4-6-12-17(15)22-18-13-7-5-11-16(18)20;1-3-7-12-10(5-1)9-11-6-2-4-8-13(11)14-12;8-7(9)6-4-2-1-3-5-6/h1-13H;1-8H,9H2;1-5H. The predicted molar refractivity (Wildman–Crippen MR) is 186 cm³/mol. The first-order chi connectivity index (χ1) is 22.1. The van der Waals surface area contributed by atoms with Crippen molar-refractivity contribution in [3.63, 3.8) is 0 Å². The van der Waals surface area contributed by atoms with Crippen molar-refractivity contribution < 1.29 is 9.59 Å². The van der Waals surface area contributed by atoms with E-state index >= 15 is 0 Å². The number of carbonyl (C=O) groups excluding carboxylic acids is 2. The Morgan fingerprint density at radius 2 is 0.844 bits per heavy atom. The topological polar surface area (TPSA) is 37.4 Å². The Morgan fingerprint density at radius 3 is 1.31 bits per heavy atom. The van der Waals surface area contributed by atoms with Gasteiger partial charge in [-0.15, -0.1) is 0 Å². The molecule has 2 aliphatic rings. The number of hydrogen-bond acceptors (Lipinski definition) is 4. The molecule has 3 nitrogen and oxygen atoms in total. The molecular weight excluding hydrogens is 614 g/mol. The minimum Gasteiger partial charge on any atom is -0.276 e. The Bertz CT molecular complexity index is 1810. The molecule has 45 heavy (non-hydrogen) atoms. The van der Waals surface area contributed by atoms with Crippen molar-refractivity contribution in [3.05, 3.63) is 180 Å². The van der Waals surface area contributed by atoms with Crippen LogP contribution in [0.1, 0.15) is 31.8 Å². The molecule has 6 aromatic carbocycles. The van der Waals surface area contributed by atoms with Gasteiger partial charge in [0.15, 0.2) is 0 Å². The third kappa shape index (κ3) is 7.23. The summed E-state index contributed by atoms with van der Waals surface area (Å²) >= 11 is 8.75. The zero-order valence-corrected chi connectivity index (χ0v) is 26.6. The number of nitrogens with zero attached hydrogens (tertiary/aromatic N) is 1. The maximum absolute atomic E-state index is 13.0. The minimum atomic E-state index is -0.407. The summed E-state index contributed by atoms with van der Waals surface area (Å²) < 4.78 is 0. The van der Waals surface area contributed by atoms with Crippen LogP contribution in [-0.4, -0.2) is 11.1 Å². The SMILES string of the molecule is O=C(Cl)c1ccccc1.O=C(c1ccccc1)N1c2ccccc2Sc2ccccc21.c1ccc2c(c1)Cc1ccccc1S2. The van der Waals surface area contributed by atoms with Crippen molar-refractivity contribution in [1.29, 1.82) is 0 Å². The van der Waals surface area contributed by atoms with Crippen LogP contribution in [0.15, 0.2) is 177 Å². The molecule has 6 aromatic rings. The molecular formula is C39H28ClNO2S2. The quantitative estimate of drug-likeness (QED) is 0.176. The molecule has 2 aliphatic heterocycles. The fourth-order valence-electron chi connectivity index (χ4n) is 5.02. The molecule has 0 spiro atoms. The average molecular weight is 642 g/mol. The molecule has 0 aliphatic carbocycles. The van der Waals surface area contributed by atoms with E-state index in [0.717, 1.165) is 27.6 Å². The molecule has 0 aromatic heterocycles. The highest BCUT2D eigenvalue weighted by atomic mass is 35.5. The fraction of sp³-hybridized carbons (Fsp3) is 0.0256. The highest BCUT2D eigenvalue weighted by Gasteiger charge is 2.28. The van der Waals surface area contributed by atoms with Gasteiger partial charge in [0, 0.05) is 30.7 Å². The van der Waals surface area contributed by atoms with E-state index in [1.807, 2.05) is 89.5 Å². The lowest BCUT2D eigenvalue weighted by atomic mass is 10.0. The number of para-hydroxylation sites is 2. The van der Waals surface area contributed by atoms with E-state index in [1.165, 1.54) is 20.9 Å². The van der Waals surface area contributed by atoms with Crippen LogP contribution in [0.4, 0.5) is 11.4 Å². The van der Waals surface area contributed by atoms with Crippen molar-refractivity contribution in [2.75, 3.05) is 4.90 Å². The molecule has 0 saturated heterocycles. The highest BCUT2D eigenvalue weighted by molar-refractivity contribution is 8.00. The molecule has 8 rings (SSSR count). The number of hydrogen-bond donors (Lipinski definition) is 0. The molecule has 0 bridgehead atoms. The van der Waals surface area contributed by atoms with Crippen LogP contribution in [0.5, 0.6) is 0 Å². The zero-order chi connectivity index (χ0) is 31.0. The molecule has 0 atom stereocenters. The normalized spacial score (nSPS) is 12.0. The Balaban J connectivity index is 0.000000132. The van der Waals surface area contributed by atoms with E-state index in [9.17, 15) is 9.59 Å². The predicted octanol–water partition coefficient (Wildman–Crippen LogP) is 10.9. The van der Waals surface area contributed by atoms with Gasteiger partial charge in [-0.05, 0) is 77.7 Å². The van der Waals surface area contributed by atoms with E-state index in [4.69, 9.17) is 11.6 Å². The molecule has 2 heterocycles. The summed E-state index contributed by atoms with van der Waals surface area (Å²) in [7, 11) is 0. The van der Waals surface area contributed by atoms with E-state index in [-0.39, 0.29) is 5.91 Å². The van der Waals surface area contributed by atoms with Crippen molar-refractivity contribution in [1.82, 2.24) is 0 Å². The number of benzene rings is 6. The van der Waals surface area contributed by atoms with Crippen molar-refractivity contribution in [2.24, 2.45) is 0 Å². The lowest BCUT2D eigenvalue weighted by molar-refractivity contribution is 0.0997. The largest absolute Gasteiger partial charge is 0.276 e. The van der Waals surface area contributed by atoms with E-state index in [0.29, 0.717) is 11.1 Å². The van der Waals surface area contributed by atoms with Gasteiger partial charge in [0.05, 0.1) is 11.4 Å². The van der Waals surface area contributed by atoms with Crippen LogP contribution in [0.25, 0.3) is 0 Å². The molecule has 0 N–H and O–H groups in total. The number of amides is 1. The number of anilines is 2. The van der Waals surface area contributed by atoms with Gasteiger partial charge in [-0.2, -0.15) is 0 Å². The first kappa shape index (κ1) is 30.5. The average Bonchev–Trinajstić information content (AvgIpc) is 3.10. The highest BCUT2D eigenvalue weighted by Crippen LogP contribution is 2.48. The first-order valence-electron chi connectivity index (χ1n) is 14.4. The van der Waals surface area contributed by atoms with Crippen LogP contribution in [0.2, 0.25) is 0 Å². The molecule has 0 unspecified atom stereocenters. The second-order valence-corrected chi connectivity index (χ2v) is 12.7. The summed E-state index contributed by atoms with van der Waals surface area (Å²) in [6.45, 7) is 0. The van der Waals surface area contributed by atoms with Gasteiger partial charge in [0.1, 0.15) is 0 Å². The molecule has 0 fully saturated rings. The molecule has 220 valence electrons. The number of carbonyl (C=O) groups is 2. The lowest BCUT2D eigenvalue weighted by Gasteiger charge is -2.31. The minimum absolute atomic E-state index is 0.000741. The van der Waals surface area contributed by atoms with Crippen LogP contribution >= 0.6 is 35.1 Å². The van der Waals surface area contributed by atoms with Crippen LogP contribution in [0.3, 0.4) is 0 Å². The van der Waals surface area contributed by atoms with Gasteiger partial charge in [0.2, 0.25) is 0 Å². The van der Waals surface area contributed by atoms with Gasteiger partial charge in [-0.3, -0.25) is 14.5 Å². The Hall–Kier alpha value is -4.55. The van der Waals surface area contributed by atoms with Gasteiger partial charge < -0.3 is 0 Å². The second-order valence-electron chi connectivity index (χ2n) is 10.2. The fourth-order valence-corrected chi connectivity index (χ4v) is 7.28. The molecule has 1 amide bonds. The number of rotatable bonds is 2. The smallest absolute Gasteiger partial charge is 0.262 e. The maximum atomic E-state index is 13.0.